The van der Waals surface area contributed by atoms with Crippen LogP contribution < -0.4 is 15.2 Å². The van der Waals surface area contributed by atoms with Gasteiger partial charge >= 0.3 is 0 Å². The van der Waals surface area contributed by atoms with E-state index in [1.807, 2.05) is 25.1 Å². The van der Waals surface area contributed by atoms with E-state index in [0.717, 1.165) is 39.3 Å². The summed E-state index contributed by atoms with van der Waals surface area (Å²) in [6.45, 7) is 3.31. The number of aryl methyl sites for hydroxylation is 1. The van der Waals surface area contributed by atoms with Crippen LogP contribution in [0.1, 0.15) is 29.3 Å². The van der Waals surface area contributed by atoms with Crippen molar-refractivity contribution in [1.82, 2.24) is 0 Å². The minimum atomic E-state index is -0.337. The molecule has 1 aliphatic rings. The Morgan fingerprint density at radius 1 is 1.20 bits per heavy atom. The predicted molar refractivity (Wildman–Crippen MR) is 79.2 cm³/mol. The molecule has 0 saturated carbocycles. The summed E-state index contributed by atoms with van der Waals surface area (Å²) in [6.07, 6.45) is 2.53. The Kier molecular flexibility index (Phi) is 3.72. The minimum absolute atomic E-state index is 0.337. The monoisotopic (exact) mass is 337 g/mol. The van der Waals surface area contributed by atoms with Crippen LogP contribution in [0.15, 0.2) is 33.4 Å². The predicted octanol–water partition coefficient (Wildman–Crippen LogP) is 3.56. The molecule has 1 unspecified atom stereocenters. The maximum atomic E-state index is 6.31. The quantitative estimate of drug-likeness (QED) is 0.910. The van der Waals surface area contributed by atoms with Crippen molar-refractivity contribution in [3.05, 3.63) is 45.8 Å². The smallest absolute Gasteiger partial charge is 0.162 e. The summed E-state index contributed by atoms with van der Waals surface area (Å²) in [6, 6.07) is 5.41. The molecule has 20 heavy (non-hydrogen) atoms. The molecule has 0 fully saturated rings. The molecule has 2 N–H and O–H groups in total. The van der Waals surface area contributed by atoms with Gasteiger partial charge in [-0.15, -0.1) is 0 Å². The zero-order chi connectivity index (χ0) is 14.1. The highest BCUT2D eigenvalue weighted by molar-refractivity contribution is 9.10. The lowest BCUT2D eigenvalue weighted by Gasteiger charge is -2.16. The first-order valence-corrected chi connectivity index (χ1v) is 7.34. The Morgan fingerprint density at radius 3 is 2.55 bits per heavy atom. The Morgan fingerprint density at radius 2 is 1.90 bits per heavy atom. The van der Waals surface area contributed by atoms with Gasteiger partial charge in [0.15, 0.2) is 11.5 Å². The van der Waals surface area contributed by atoms with Gasteiger partial charge in [-0.05, 0) is 36.2 Å². The SMILES string of the molecule is Cc1ccoc1C(N)c1cc2c(cc1Br)OCCCO2. The summed E-state index contributed by atoms with van der Waals surface area (Å²) >= 11 is 3.55. The summed E-state index contributed by atoms with van der Waals surface area (Å²) in [5.74, 6) is 2.25. The zero-order valence-electron chi connectivity index (χ0n) is 11.2. The molecular weight excluding hydrogens is 322 g/mol. The second-order valence-electron chi connectivity index (χ2n) is 4.82. The molecule has 106 valence electrons. The molecule has 1 aromatic heterocycles. The second-order valence-corrected chi connectivity index (χ2v) is 5.67. The molecule has 0 spiro atoms. The number of hydrogen-bond acceptors (Lipinski definition) is 4. The minimum Gasteiger partial charge on any atom is -0.490 e. The van der Waals surface area contributed by atoms with Crippen molar-refractivity contribution in [2.24, 2.45) is 5.73 Å². The van der Waals surface area contributed by atoms with Crippen LogP contribution >= 0.6 is 15.9 Å². The number of rotatable bonds is 2. The van der Waals surface area contributed by atoms with Crippen LogP contribution in [0.2, 0.25) is 0 Å². The molecule has 4 nitrogen and oxygen atoms in total. The standard InChI is InChI=1S/C15H16BrNO3/c1-9-3-6-20-15(9)14(17)10-7-12-13(8-11(10)16)19-5-2-4-18-12/h3,6-8,14H,2,4-5,17H2,1H3. The van der Waals surface area contributed by atoms with Gasteiger partial charge in [-0.3, -0.25) is 0 Å². The van der Waals surface area contributed by atoms with Crippen LogP contribution in [-0.2, 0) is 0 Å². The highest BCUT2D eigenvalue weighted by Gasteiger charge is 2.21. The van der Waals surface area contributed by atoms with Crippen molar-refractivity contribution in [2.45, 2.75) is 19.4 Å². The van der Waals surface area contributed by atoms with Crippen molar-refractivity contribution in [1.29, 1.82) is 0 Å². The molecule has 3 rings (SSSR count). The van der Waals surface area contributed by atoms with E-state index >= 15 is 0 Å². The molecule has 5 heteroatoms. The molecule has 1 aromatic carbocycles. The fraction of sp³-hybridized carbons (Fsp3) is 0.333. The van der Waals surface area contributed by atoms with E-state index < -0.39 is 0 Å². The zero-order valence-corrected chi connectivity index (χ0v) is 12.8. The van der Waals surface area contributed by atoms with Gasteiger partial charge in [-0.25, -0.2) is 0 Å². The van der Waals surface area contributed by atoms with Crippen molar-refractivity contribution in [3.8, 4) is 11.5 Å². The first-order valence-electron chi connectivity index (χ1n) is 6.55. The van der Waals surface area contributed by atoms with Crippen molar-refractivity contribution >= 4 is 15.9 Å². The number of ether oxygens (including phenoxy) is 2. The van der Waals surface area contributed by atoms with Gasteiger partial charge in [-0.1, -0.05) is 15.9 Å². The van der Waals surface area contributed by atoms with Gasteiger partial charge in [0.05, 0.1) is 25.5 Å². The Labute approximate surface area is 126 Å². The summed E-state index contributed by atoms with van der Waals surface area (Å²) in [5, 5.41) is 0. The third-order valence-corrected chi connectivity index (χ3v) is 4.07. The molecule has 1 aliphatic heterocycles. The summed E-state index contributed by atoms with van der Waals surface area (Å²) < 4.78 is 17.7. The summed E-state index contributed by atoms with van der Waals surface area (Å²) in [7, 11) is 0. The number of furan rings is 1. The highest BCUT2D eigenvalue weighted by atomic mass is 79.9. The molecule has 2 heterocycles. The van der Waals surface area contributed by atoms with E-state index in [1.165, 1.54) is 0 Å². The van der Waals surface area contributed by atoms with E-state index in [-0.39, 0.29) is 6.04 Å². The molecule has 0 amide bonds. The van der Waals surface area contributed by atoms with E-state index in [9.17, 15) is 0 Å². The third-order valence-electron chi connectivity index (χ3n) is 3.39. The molecule has 1 atom stereocenters. The van der Waals surface area contributed by atoms with Gasteiger partial charge in [0.1, 0.15) is 5.76 Å². The van der Waals surface area contributed by atoms with Crippen LogP contribution in [0.25, 0.3) is 0 Å². The van der Waals surface area contributed by atoms with Crippen molar-refractivity contribution < 1.29 is 13.9 Å². The molecule has 0 aliphatic carbocycles. The molecule has 0 saturated heterocycles. The van der Waals surface area contributed by atoms with E-state index in [1.54, 1.807) is 6.26 Å². The van der Waals surface area contributed by atoms with Gasteiger partial charge in [0.25, 0.3) is 0 Å². The first kappa shape index (κ1) is 13.5. The van der Waals surface area contributed by atoms with Crippen molar-refractivity contribution in [3.63, 3.8) is 0 Å². The average molecular weight is 338 g/mol. The Hall–Kier alpha value is -1.46. The highest BCUT2D eigenvalue weighted by Crippen LogP contribution is 2.39. The van der Waals surface area contributed by atoms with Gasteiger partial charge in [-0.2, -0.15) is 0 Å². The third kappa shape index (κ3) is 2.43. The van der Waals surface area contributed by atoms with Gasteiger partial charge in [0, 0.05) is 10.9 Å². The normalized spacial score (nSPS) is 15.8. The maximum absolute atomic E-state index is 6.31. The van der Waals surface area contributed by atoms with Gasteiger partial charge in [0.2, 0.25) is 0 Å². The van der Waals surface area contributed by atoms with Crippen LogP contribution in [-0.4, -0.2) is 13.2 Å². The van der Waals surface area contributed by atoms with Crippen molar-refractivity contribution in [2.75, 3.05) is 13.2 Å². The fourth-order valence-corrected chi connectivity index (χ4v) is 2.85. The van der Waals surface area contributed by atoms with Crippen LogP contribution in [0.5, 0.6) is 11.5 Å². The summed E-state index contributed by atoms with van der Waals surface area (Å²) in [5.41, 5.74) is 8.28. The molecule has 0 bridgehead atoms. The lowest BCUT2D eigenvalue weighted by molar-refractivity contribution is 0.297. The lowest BCUT2D eigenvalue weighted by Crippen LogP contribution is -2.13. The number of halogens is 1. The van der Waals surface area contributed by atoms with E-state index in [0.29, 0.717) is 13.2 Å². The topological polar surface area (TPSA) is 57.6 Å². The number of benzene rings is 1. The van der Waals surface area contributed by atoms with Gasteiger partial charge < -0.3 is 19.6 Å². The molecule has 2 aromatic rings. The Bertz CT molecular complexity index is 624. The molecule has 0 radical (unpaired) electrons. The van der Waals surface area contributed by atoms with Crippen LogP contribution in [0.4, 0.5) is 0 Å². The average Bonchev–Trinajstić information content (AvgIpc) is 2.72. The van der Waals surface area contributed by atoms with Crippen LogP contribution in [0, 0.1) is 6.92 Å². The number of hydrogen-bond donors (Lipinski definition) is 1. The van der Waals surface area contributed by atoms with Crippen LogP contribution in [0.3, 0.4) is 0 Å². The maximum Gasteiger partial charge on any atom is 0.162 e. The first-order chi connectivity index (χ1) is 9.66. The second kappa shape index (κ2) is 5.50. The summed E-state index contributed by atoms with van der Waals surface area (Å²) in [4.78, 5) is 0. The largest absolute Gasteiger partial charge is 0.490 e. The van der Waals surface area contributed by atoms with E-state index in [4.69, 9.17) is 19.6 Å². The Balaban J connectivity index is 2.01. The van der Waals surface area contributed by atoms with E-state index in [2.05, 4.69) is 15.9 Å². The number of nitrogens with two attached hydrogens (primary N) is 1. The lowest BCUT2D eigenvalue weighted by atomic mass is 10.0. The number of fused-ring (bicyclic) bond motifs is 1. The molecular formula is C15H16BrNO3. The fourth-order valence-electron chi connectivity index (χ4n) is 2.28.